The summed E-state index contributed by atoms with van der Waals surface area (Å²) in [5.74, 6) is -0.176. The Morgan fingerprint density at radius 2 is 1.91 bits per heavy atom. The zero-order valence-electron chi connectivity index (χ0n) is 13.5. The van der Waals surface area contributed by atoms with Crippen LogP contribution in [0.1, 0.15) is 38.2 Å². The lowest BCUT2D eigenvalue weighted by molar-refractivity contribution is -0.121. The van der Waals surface area contributed by atoms with E-state index >= 15 is 0 Å². The molecule has 23 heavy (non-hydrogen) atoms. The Bertz CT molecular complexity index is 638. The number of sulfonamides is 1. The molecule has 1 aliphatic heterocycles. The summed E-state index contributed by atoms with van der Waals surface area (Å²) in [6.07, 6.45) is 3.08. The van der Waals surface area contributed by atoms with E-state index in [1.165, 1.54) is 0 Å². The highest BCUT2D eigenvalue weighted by Crippen LogP contribution is 2.23. The summed E-state index contributed by atoms with van der Waals surface area (Å²) in [5, 5.41) is 2.74. The van der Waals surface area contributed by atoms with Gasteiger partial charge < -0.3 is 11.1 Å². The number of nitrogens with two attached hydrogens (primary N) is 1. The monoisotopic (exact) mass is 339 g/mol. The van der Waals surface area contributed by atoms with Crippen molar-refractivity contribution in [3.05, 3.63) is 29.8 Å². The predicted molar refractivity (Wildman–Crippen MR) is 89.2 cm³/mol. The van der Waals surface area contributed by atoms with Gasteiger partial charge in [-0.1, -0.05) is 24.6 Å². The molecule has 1 atom stereocenters. The molecular formula is C16H25N3O3S. The average Bonchev–Trinajstić information content (AvgIpc) is 2.53. The fourth-order valence-corrected chi connectivity index (χ4v) is 4.44. The first-order chi connectivity index (χ1) is 10.9. The second-order valence-corrected chi connectivity index (χ2v) is 7.94. The van der Waals surface area contributed by atoms with E-state index in [2.05, 4.69) is 5.32 Å². The second kappa shape index (κ2) is 7.90. The summed E-state index contributed by atoms with van der Waals surface area (Å²) in [6.45, 7) is 3.07. The Kier molecular flexibility index (Phi) is 6.15. The number of rotatable bonds is 6. The van der Waals surface area contributed by atoms with Crippen LogP contribution in [0.15, 0.2) is 29.2 Å². The first-order valence-electron chi connectivity index (χ1n) is 8.01. The zero-order chi connectivity index (χ0) is 16.9. The summed E-state index contributed by atoms with van der Waals surface area (Å²) in [6, 6.07) is 6.62. The van der Waals surface area contributed by atoms with E-state index in [1.807, 2.05) is 0 Å². The van der Waals surface area contributed by atoms with Gasteiger partial charge in [-0.05, 0) is 31.4 Å². The molecule has 0 bridgehead atoms. The first-order valence-corrected chi connectivity index (χ1v) is 9.45. The topological polar surface area (TPSA) is 92.5 Å². The average molecular weight is 339 g/mol. The van der Waals surface area contributed by atoms with Gasteiger partial charge in [0, 0.05) is 32.1 Å². The van der Waals surface area contributed by atoms with E-state index in [1.54, 1.807) is 35.5 Å². The van der Waals surface area contributed by atoms with Crippen molar-refractivity contribution in [2.24, 2.45) is 5.73 Å². The Labute approximate surface area is 138 Å². The Hall–Kier alpha value is -1.44. The van der Waals surface area contributed by atoms with E-state index < -0.39 is 10.0 Å². The molecular weight excluding hydrogens is 314 g/mol. The van der Waals surface area contributed by atoms with Gasteiger partial charge in [0.05, 0.1) is 4.90 Å². The number of benzene rings is 1. The van der Waals surface area contributed by atoms with Gasteiger partial charge >= 0.3 is 0 Å². The Morgan fingerprint density at radius 1 is 1.26 bits per heavy atom. The minimum Gasteiger partial charge on any atom is -0.352 e. The van der Waals surface area contributed by atoms with E-state index in [4.69, 9.17) is 5.73 Å². The normalized spacial score (nSPS) is 17.7. The van der Waals surface area contributed by atoms with Gasteiger partial charge in [0.15, 0.2) is 0 Å². The fourth-order valence-electron chi connectivity index (χ4n) is 2.70. The molecule has 1 fully saturated rings. The van der Waals surface area contributed by atoms with Crippen LogP contribution in [0.5, 0.6) is 0 Å². The van der Waals surface area contributed by atoms with Gasteiger partial charge in [-0.2, -0.15) is 4.31 Å². The maximum absolute atomic E-state index is 12.8. The molecule has 0 radical (unpaired) electrons. The molecule has 1 aromatic rings. The van der Waals surface area contributed by atoms with Crippen molar-refractivity contribution < 1.29 is 13.2 Å². The van der Waals surface area contributed by atoms with Gasteiger partial charge in [0.25, 0.3) is 0 Å². The number of hydrogen-bond acceptors (Lipinski definition) is 4. The lowest BCUT2D eigenvalue weighted by atomic mass is 10.2. The molecule has 0 aliphatic carbocycles. The number of hydrogen-bond donors (Lipinski definition) is 2. The molecule has 0 spiro atoms. The van der Waals surface area contributed by atoms with Crippen molar-refractivity contribution in [1.29, 1.82) is 0 Å². The van der Waals surface area contributed by atoms with Crippen molar-refractivity contribution in [3.63, 3.8) is 0 Å². The number of carbonyl (C=O) groups excluding carboxylic acids is 1. The van der Waals surface area contributed by atoms with Crippen LogP contribution in [0.4, 0.5) is 0 Å². The van der Waals surface area contributed by atoms with Crippen LogP contribution in [0.25, 0.3) is 0 Å². The summed E-state index contributed by atoms with van der Waals surface area (Å²) >= 11 is 0. The molecule has 1 heterocycles. The molecule has 1 saturated heterocycles. The highest BCUT2D eigenvalue weighted by Gasteiger charge is 2.27. The van der Waals surface area contributed by atoms with Crippen LogP contribution < -0.4 is 11.1 Å². The molecule has 0 saturated carbocycles. The third-order valence-electron chi connectivity index (χ3n) is 3.89. The van der Waals surface area contributed by atoms with Gasteiger partial charge in [0.1, 0.15) is 0 Å². The highest BCUT2D eigenvalue weighted by atomic mass is 32.2. The van der Waals surface area contributed by atoms with E-state index in [9.17, 15) is 13.2 Å². The van der Waals surface area contributed by atoms with Gasteiger partial charge in [-0.15, -0.1) is 0 Å². The van der Waals surface area contributed by atoms with Crippen molar-refractivity contribution in [1.82, 2.24) is 9.62 Å². The van der Waals surface area contributed by atoms with E-state index in [0.717, 1.165) is 19.3 Å². The molecule has 0 aromatic heterocycles. The van der Waals surface area contributed by atoms with Crippen molar-refractivity contribution in [2.75, 3.05) is 13.1 Å². The van der Waals surface area contributed by atoms with Crippen LogP contribution in [-0.4, -0.2) is 37.8 Å². The number of nitrogens with zero attached hydrogens (tertiary/aromatic N) is 1. The van der Waals surface area contributed by atoms with E-state index in [0.29, 0.717) is 18.7 Å². The molecule has 3 N–H and O–H groups in total. The predicted octanol–water partition coefficient (Wildman–Crippen LogP) is 1.21. The van der Waals surface area contributed by atoms with Crippen LogP contribution >= 0.6 is 0 Å². The lowest BCUT2D eigenvalue weighted by Crippen LogP contribution is -2.36. The smallest absolute Gasteiger partial charge is 0.243 e. The molecule has 2 rings (SSSR count). The maximum atomic E-state index is 12.8. The summed E-state index contributed by atoms with van der Waals surface area (Å²) in [4.78, 5) is 12.0. The third-order valence-corrected chi connectivity index (χ3v) is 5.89. The largest absolute Gasteiger partial charge is 0.352 e. The third kappa shape index (κ3) is 4.76. The lowest BCUT2D eigenvalue weighted by Gasteiger charge is -2.26. The van der Waals surface area contributed by atoms with Crippen molar-refractivity contribution >= 4 is 15.9 Å². The molecule has 128 valence electrons. The van der Waals surface area contributed by atoms with Crippen LogP contribution in [-0.2, 0) is 21.4 Å². The van der Waals surface area contributed by atoms with E-state index in [-0.39, 0.29) is 29.8 Å². The van der Waals surface area contributed by atoms with Crippen molar-refractivity contribution in [3.8, 4) is 0 Å². The van der Waals surface area contributed by atoms with Crippen LogP contribution in [0, 0.1) is 0 Å². The molecule has 6 nitrogen and oxygen atoms in total. The summed E-state index contributed by atoms with van der Waals surface area (Å²) < 4.78 is 27.2. The number of nitrogens with one attached hydrogen (secondary N) is 1. The maximum Gasteiger partial charge on any atom is 0.243 e. The highest BCUT2D eigenvalue weighted by molar-refractivity contribution is 7.89. The van der Waals surface area contributed by atoms with Crippen LogP contribution in [0.2, 0.25) is 0 Å². The number of piperidine rings is 1. The quantitative estimate of drug-likeness (QED) is 0.815. The molecule has 1 aliphatic rings. The number of carbonyl (C=O) groups is 1. The minimum absolute atomic E-state index is 0.176. The molecule has 1 aromatic carbocycles. The van der Waals surface area contributed by atoms with Gasteiger partial charge in [-0.3, -0.25) is 4.79 Å². The standard InChI is InChI=1S/C16H25N3O3S/c1-13(17)11-16(20)18-12-14-7-3-4-8-15(14)23(21,22)19-9-5-2-6-10-19/h3-4,7-8,13H,2,5-6,9-12,17H2,1H3,(H,18,20). The van der Waals surface area contributed by atoms with Crippen molar-refractivity contribution in [2.45, 2.75) is 50.1 Å². The molecule has 1 amide bonds. The summed E-state index contributed by atoms with van der Waals surface area (Å²) in [7, 11) is -3.51. The molecule has 1 unspecified atom stereocenters. The first kappa shape index (κ1) is 17.9. The van der Waals surface area contributed by atoms with Crippen LogP contribution in [0.3, 0.4) is 0 Å². The second-order valence-electron chi connectivity index (χ2n) is 6.03. The minimum atomic E-state index is -3.51. The zero-order valence-corrected chi connectivity index (χ0v) is 14.3. The Balaban J connectivity index is 2.15. The van der Waals surface area contributed by atoms with Gasteiger partial charge in [-0.25, -0.2) is 8.42 Å². The summed E-state index contributed by atoms with van der Waals surface area (Å²) in [5.41, 5.74) is 6.20. The number of amides is 1. The van der Waals surface area contributed by atoms with Gasteiger partial charge in [0.2, 0.25) is 15.9 Å². The SMILES string of the molecule is CC(N)CC(=O)NCc1ccccc1S(=O)(=O)N1CCCCC1. The fraction of sp³-hybridized carbons (Fsp3) is 0.562. The Morgan fingerprint density at radius 3 is 2.57 bits per heavy atom. The molecule has 7 heteroatoms.